The average Bonchev–Trinajstić information content (AvgIpc) is 2.96. The minimum atomic E-state index is 0.0774. The highest BCUT2D eigenvalue weighted by atomic mass is 79.9. The first kappa shape index (κ1) is 15.2. The summed E-state index contributed by atoms with van der Waals surface area (Å²) in [7, 11) is 1.83. The van der Waals surface area contributed by atoms with Gasteiger partial charge in [0.15, 0.2) is 0 Å². The van der Waals surface area contributed by atoms with Crippen molar-refractivity contribution >= 4 is 21.8 Å². The first-order valence-corrected chi connectivity index (χ1v) is 8.16. The van der Waals surface area contributed by atoms with Gasteiger partial charge in [-0.1, -0.05) is 34.1 Å². The molecule has 1 fully saturated rings. The number of rotatable bonds is 3. The number of hydrogen-bond acceptors (Lipinski definition) is 3. The van der Waals surface area contributed by atoms with Crippen LogP contribution in [0.1, 0.15) is 15.9 Å². The van der Waals surface area contributed by atoms with Crippen LogP contribution < -0.4 is 0 Å². The zero-order valence-corrected chi connectivity index (χ0v) is 14.2. The van der Waals surface area contributed by atoms with Gasteiger partial charge in [-0.05, 0) is 11.6 Å². The Balaban J connectivity index is 1.56. The molecule has 2 aromatic rings. The summed E-state index contributed by atoms with van der Waals surface area (Å²) < 4.78 is 2.81. The highest BCUT2D eigenvalue weighted by molar-refractivity contribution is 9.10. The fourth-order valence-corrected chi connectivity index (χ4v) is 3.10. The van der Waals surface area contributed by atoms with Crippen molar-refractivity contribution in [3.05, 3.63) is 52.3 Å². The van der Waals surface area contributed by atoms with Crippen molar-refractivity contribution in [2.75, 3.05) is 26.2 Å². The molecule has 116 valence electrons. The lowest BCUT2D eigenvalue weighted by atomic mass is 10.2. The van der Waals surface area contributed by atoms with Gasteiger partial charge in [-0.15, -0.1) is 0 Å². The van der Waals surface area contributed by atoms with Crippen LogP contribution in [0.3, 0.4) is 0 Å². The number of piperazine rings is 1. The summed E-state index contributed by atoms with van der Waals surface area (Å²) in [5.41, 5.74) is 1.95. The second kappa shape index (κ2) is 6.62. The highest BCUT2D eigenvalue weighted by Gasteiger charge is 2.23. The van der Waals surface area contributed by atoms with Crippen LogP contribution in [0.4, 0.5) is 0 Å². The van der Waals surface area contributed by atoms with E-state index in [-0.39, 0.29) is 5.91 Å². The zero-order valence-electron chi connectivity index (χ0n) is 12.6. The minimum Gasteiger partial charge on any atom is -0.336 e. The van der Waals surface area contributed by atoms with Crippen LogP contribution in [0.5, 0.6) is 0 Å². The molecule has 0 unspecified atom stereocenters. The number of carbonyl (C=O) groups excluding carboxylic acids is 1. The van der Waals surface area contributed by atoms with Gasteiger partial charge in [-0.25, -0.2) is 0 Å². The summed E-state index contributed by atoms with van der Waals surface area (Å²) in [6.07, 6.45) is 3.41. The van der Waals surface area contributed by atoms with E-state index in [1.807, 2.05) is 18.0 Å². The Bertz CT molecular complexity index is 662. The Morgan fingerprint density at radius 1 is 1.23 bits per heavy atom. The maximum absolute atomic E-state index is 12.4. The number of amides is 1. The van der Waals surface area contributed by atoms with Crippen molar-refractivity contribution < 1.29 is 4.79 Å². The number of nitrogens with zero attached hydrogens (tertiary/aromatic N) is 4. The third kappa shape index (κ3) is 3.39. The number of halogens is 1. The molecule has 0 spiro atoms. The molecular weight excluding hydrogens is 344 g/mol. The molecule has 1 aliphatic rings. The maximum atomic E-state index is 12.4. The van der Waals surface area contributed by atoms with E-state index in [9.17, 15) is 4.79 Å². The molecule has 0 atom stereocenters. The predicted octanol–water partition coefficient (Wildman–Crippen LogP) is 2.14. The lowest BCUT2D eigenvalue weighted by Crippen LogP contribution is -2.48. The van der Waals surface area contributed by atoms with Crippen LogP contribution in [0.25, 0.3) is 0 Å². The normalized spacial score (nSPS) is 16.0. The van der Waals surface area contributed by atoms with Crippen molar-refractivity contribution in [2.24, 2.45) is 7.05 Å². The molecule has 1 saturated heterocycles. The second-order valence-electron chi connectivity index (χ2n) is 5.56. The first-order chi connectivity index (χ1) is 10.6. The van der Waals surface area contributed by atoms with Crippen molar-refractivity contribution in [1.29, 1.82) is 0 Å². The van der Waals surface area contributed by atoms with Crippen LogP contribution >= 0.6 is 15.9 Å². The lowest BCUT2D eigenvalue weighted by molar-refractivity contribution is 0.0628. The molecule has 1 aromatic carbocycles. The van der Waals surface area contributed by atoms with Gasteiger partial charge in [-0.2, -0.15) is 5.10 Å². The first-order valence-electron chi connectivity index (χ1n) is 7.37. The molecule has 22 heavy (non-hydrogen) atoms. The Morgan fingerprint density at radius 3 is 2.59 bits per heavy atom. The lowest BCUT2D eigenvalue weighted by Gasteiger charge is -2.34. The Hall–Kier alpha value is -1.66. The average molecular weight is 363 g/mol. The number of benzene rings is 1. The van der Waals surface area contributed by atoms with E-state index >= 15 is 0 Å². The van der Waals surface area contributed by atoms with Crippen LogP contribution in [-0.4, -0.2) is 51.7 Å². The molecule has 1 aliphatic heterocycles. The molecule has 6 heteroatoms. The number of aromatic nitrogens is 2. The fraction of sp³-hybridized carbons (Fsp3) is 0.375. The van der Waals surface area contributed by atoms with E-state index in [0.29, 0.717) is 5.56 Å². The predicted molar refractivity (Wildman–Crippen MR) is 88.5 cm³/mol. The topological polar surface area (TPSA) is 41.4 Å². The van der Waals surface area contributed by atoms with Crippen LogP contribution in [0.15, 0.2) is 41.1 Å². The number of hydrogen-bond donors (Lipinski definition) is 0. The molecule has 5 nitrogen and oxygen atoms in total. The van der Waals surface area contributed by atoms with Crippen LogP contribution in [0.2, 0.25) is 0 Å². The smallest absolute Gasteiger partial charge is 0.257 e. The standard InChI is InChI=1S/C16H19BrN4O/c1-19-11-14(10-18-19)16(22)21-8-6-20(7-9-21)12-13-4-2-3-5-15(13)17/h2-5,10-11H,6-9,12H2,1H3. The van der Waals surface area contributed by atoms with Crippen LogP contribution in [0, 0.1) is 0 Å². The van der Waals surface area contributed by atoms with E-state index in [0.717, 1.165) is 37.2 Å². The quantitative estimate of drug-likeness (QED) is 0.839. The van der Waals surface area contributed by atoms with Crippen molar-refractivity contribution in [3.8, 4) is 0 Å². The van der Waals surface area contributed by atoms with E-state index in [2.05, 4.69) is 44.1 Å². The van der Waals surface area contributed by atoms with E-state index in [1.165, 1.54) is 5.56 Å². The maximum Gasteiger partial charge on any atom is 0.257 e. The van der Waals surface area contributed by atoms with Gasteiger partial charge in [-0.3, -0.25) is 14.4 Å². The van der Waals surface area contributed by atoms with Gasteiger partial charge >= 0.3 is 0 Å². The minimum absolute atomic E-state index is 0.0774. The van der Waals surface area contributed by atoms with Crippen LogP contribution in [-0.2, 0) is 13.6 Å². The van der Waals surface area contributed by atoms with Gasteiger partial charge in [0.2, 0.25) is 0 Å². The summed E-state index contributed by atoms with van der Waals surface area (Å²) in [4.78, 5) is 16.7. The van der Waals surface area contributed by atoms with Gasteiger partial charge in [0, 0.05) is 50.4 Å². The van der Waals surface area contributed by atoms with Gasteiger partial charge < -0.3 is 4.90 Å². The molecular formula is C16H19BrN4O. The Morgan fingerprint density at radius 2 is 1.95 bits per heavy atom. The summed E-state index contributed by atoms with van der Waals surface area (Å²) in [6.45, 7) is 4.23. The highest BCUT2D eigenvalue weighted by Crippen LogP contribution is 2.19. The molecule has 0 N–H and O–H groups in total. The zero-order chi connectivity index (χ0) is 15.5. The molecule has 2 heterocycles. The monoisotopic (exact) mass is 362 g/mol. The second-order valence-corrected chi connectivity index (χ2v) is 6.42. The van der Waals surface area contributed by atoms with E-state index in [4.69, 9.17) is 0 Å². The SMILES string of the molecule is Cn1cc(C(=O)N2CCN(Cc3ccccc3Br)CC2)cn1. The molecule has 0 aliphatic carbocycles. The van der Waals surface area contributed by atoms with Crippen molar-refractivity contribution in [3.63, 3.8) is 0 Å². The number of carbonyl (C=O) groups is 1. The third-order valence-electron chi connectivity index (χ3n) is 3.96. The fourth-order valence-electron chi connectivity index (χ4n) is 2.69. The molecule has 0 radical (unpaired) electrons. The summed E-state index contributed by atoms with van der Waals surface area (Å²) in [5, 5.41) is 4.07. The van der Waals surface area contributed by atoms with Gasteiger partial charge in [0.1, 0.15) is 0 Å². The van der Waals surface area contributed by atoms with Gasteiger partial charge in [0.05, 0.1) is 11.8 Å². The molecule has 1 amide bonds. The van der Waals surface area contributed by atoms with Gasteiger partial charge in [0.25, 0.3) is 5.91 Å². The summed E-state index contributed by atoms with van der Waals surface area (Å²) in [5.74, 6) is 0.0774. The molecule has 0 saturated carbocycles. The van der Waals surface area contributed by atoms with E-state index in [1.54, 1.807) is 17.1 Å². The number of aryl methyl sites for hydroxylation is 1. The summed E-state index contributed by atoms with van der Waals surface area (Å²) in [6, 6.07) is 8.29. The molecule has 0 bridgehead atoms. The third-order valence-corrected chi connectivity index (χ3v) is 4.74. The van der Waals surface area contributed by atoms with E-state index < -0.39 is 0 Å². The van der Waals surface area contributed by atoms with Crippen molar-refractivity contribution in [1.82, 2.24) is 19.6 Å². The Labute approximate surface area is 138 Å². The van der Waals surface area contributed by atoms with Crippen molar-refractivity contribution in [2.45, 2.75) is 6.54 Å². The molecule has 3 rings (SSSR count). The largest absolute Gasteiger partial charge is 0.336 e. The molecule has 1 aromatic heterocycles. The Kier molecular flexibility index (Phi) is 4.59. The summed E-state index contributed by atoms with van der Waals surface area (Å²) >= 11 is 3.59.